The van der Waals surface area contributed by atoms with Crippen molar-refractivity contribution in [3.8, 4) is 0 Å². The monoisotopic (exact) mass is 263 g/mol. The van der Waals surface area contributed by atoms with E-state index in [1.54, 1.807) is 12.1 Å². The van der Waals surface area contributed by atoms with Crippen molar-refractivity contribution in [2.45, 2.75) is 6.42 Å². The molecule has 0 aliphatic rings. The number of benzene rings is 3. The van der Waals surface area contributed by atoms with Gasteiger partial charge in [-0.25, -0.2) is 0 Å². The van der Waals surface area contributed by atoms with Crippen molar-refractivity contribution in [1.29, 1.82) is 0 Å². The van der Waals surface area contributed by atoms with E-state index in [0.717, 1.165) is 5.56 Å². The highest BCUT2D eigenvalue weighted by atomic mass is 16.6. The molecular formula is C17H13NO2. The van der Waals surface area contributed by atoms with Crippen molar-refractivity contribution in [3.63, 3.8) is 0 Å². The molecule has 3 rings (SSSR count). The van der Waals surface area contributed by atoms with Crippen LogP contribution in [-0.2, 0) is 6.42 Å². The van der Waals surface area contributed by atoms with Gasteiger partial charge in [0.1, 0.15) is 0 Å². The number of nitrogens with zero attached hydrogens (tertiary/aromatic N) is 1. The highest BCUT2D eigenvalue weighted by molar-refractivity contribution is 5.85. The number of hydrogen-bond donors (Lipinski definition) is 0. The number of nitro benzene ring substituents is 1. The zero-order valence-electron chi connectivity index (χ0n) is 10.8. The molecule has 0 fully saturated rings. The van der Waals surface area contributed by atoms with Gasteiger partial charge < -0.3 is 0 Å². The Kier molecular flexibility index (Phi) is 3.17. The second-order valence-electron chi connectivity index (χ2n) is 4.74. The largest absolute Gasteiger partial charge is 0.269 e. The fraction of sp³-hybridized carbons (Fsp3) is 0.0588. The Hall–Kier alpha value is -2.68. The summed E-state index contributed by atoms with van der Waals surface area (Å²) in [6.45, 7) is 0. The Morgan fingerprint density at radius 3 is 2.50 bits per heavy atom. The standard InChI is InChI=1S/C17H13NO2/c19-18(20)16-9-3-5-13(12-16)11-15-8-4-7-14-6-1-2-10-17(14)15/h1-10,12H,11H2. The maximum absolute atomic E-state index is 10.8. The minimum Gasteiger partial charge on any atom is -0.258 e. The topological polar surface area (TPSA) is 43.1 Å². The maximum atomic E-state index is 10.8. The van der Waals surface area contributed by atoms with E-state index in [1.165, 1.54) is 22.4 Å². The molecule has 0 aliphatic heterocycles. The third-order valence-corrected chi connectivity index (χ3v) is 3.40. The molecule has 0 aromatic heterocycles. The highest BCUT2D eigenvalue weighted by Crippen LogP contribution is 2.22. The van der Waals surface area contributed by atoms with Crippen molar-refractivity contribution < 1.29 is 4.92 Å². The van der Waals surface area contributed by atoms with E-state index in [9.17, 15) is 10.1 Å². The van der Waals surface area contributed by atoms with Crippen molar-refractivity contribution in [2.24, 2.45) is 0 Å². The predicted molar refractivity (Wildman–Crippen MR) is 79.9 cm³/mol. The first-order chi connectivity index (χ1) is 9.74. The van der Waals surface area contributed by atoms with Gasteiger partial charge in [0.15, 0.2) is 0 Å². The van der Waals surface area contributed by atoms with Gasteiger partial charge in [0.05, 0.1) is 4.92 Å². The van der Waals surface area contributed by atoms with Crippen LogP contribution >= 0.6 is 0 Å². The van der Waals surface area contributed by atoms with Crippen LogP contribution < -0.4 is 0 Å². The molecule has 0 atom stereocenters. The van der Waals surface area contributed by atoms with Crippen LogP contribution in [0, 0.1) is 10.1 Å². The van der Waals surface area contributed by atoms with E-state index in [0.29, 0.717) is 6.42 Å². The molecule has 0 saturated carbocycles. The van der Waals surface area contributed by atoms with Crippen molar-refractivity contribution >= 4 is 16.5 Å². The molecule has 0 aliphatic carbocycles. The fourth-order valence-corrected chi connectivity index (χ4v) is 2.45. The van der Waals surface area contributed by atoms with Crippen LogP contribution in [0.15, 0.2) is 66.7 Å². The van der Waals surface area contributed by atoms with Gasteiger partial charge in [0, 0.05) is 12.1 Å². The Morgan fingerprint density at radius 1 is 0.900 bits per heavy atom. The van der Waals surface area contributed by atoms with Crippen LogP contribution in [0.1, 0.15) is 11.1 Å². The Morgan fingerprint density at radius 2 is 1.65 bits per heavy atom. The number of nitro groups is 1. The molecule has 0 saturated heterocycles. The van der Waals surface area contributed by atoms with E-state index in [4.69, 9.17) is 0 Å². The van der Waals surface area contributed by atoms with Gasteiger partial charge in [-0.05, 0) is 28.3 Å². The highest BCUT2D eigenvalue weighted by Gasteiger charge is 2.07. The van der Waals surface area contributed by atoms with Crippen LogP contribution in [0.2, 0.25) is 0 Å². The summed E-state index contributed by atoms with van der Waals surface area (Å²) in [5, 5.41) is 13.2. The molecule has 98 valence electrons. The Bertz CT molecular complexity index is 775. The first-order valence-corrected chi connectivity index (χ1v) is 6.44. The predicted octanol–water partition coefficient (Wildman–Crippen LogP) is 4.34. The van der Waals surface area contributed by atoms with Gasteiger partial charge in [-0.15, -0.1) is 0 Å². The molecule has 3 aromatic rings. The summed E-state index contributed by atoms with van der Waals surface area (Å²) in [4.78, 5) is 10.5. The average Bonchev–Trinajstić information content (AvgIpc) is 2.48. The summed E-state index contributed by atoms with van der Waals surface area (Å²) in [5.74, 6) is 0. The van der Waals surface area contributed by atoms with Gasteiger partial charge in [0.2, 0.25) is 0 Å². The fourth-order valence-electron chi connectivity index (χ4n) is 2.45. The number of hydrogen-bond acceptors (Lipinski definition) is 2. The molecule has 0 radical (unpaired) electrons. The van der Waals surface area contributed by atoms with Gasteiger partial charge in [0.25, 0.3) is 5.69 Å². The van der Waals surface area contributed by atoms with Crippen LogP contribution in [0.25, 0.3) is 10.8 Å². The number of rotatable bonds is 3. The smallest absolute Gasteiger partial charge is 0.258 e. The number of non-ortho nitro benzene ring substituents is 1. The zero-order chi connectivity index (χ0) is 13.9. The minimum atomic E-state index is -0.355. The molecule has 0 amide bonds. The second kappa shape index (κ2) is 5.13. The normalized spacial score (nSPS) is 10.6. The molecule has 0 unspecified atom stereocenters. The number of fused-ring (bicyclic) bond motifs is 1. The molecule has 0 spiro atoms. The maximum Gasteiger partial charge on any atom is 0.269 e. The minimum absolute atomic E-state index is 0.141. The van der Waals surface area contributed by atoms with Gasteiger partial charge in [-0.1, -0.05) is 54.6 Å². The quantitative estimate of drug-likeness (QED) is 0.521. The molecule has 0 bridgehead atoms. The molecule has 3 heteroatoms. The summed E-state index contributed by atoms with van der Waals surface area (Å²) in [6, 6.07) is 21.2. The first kappa shape index (κ1) is 12.4. The van der Waals surface area contributed by atoms with E-state index in [-0.39, 0.29) is 10.6 Å². The lowest BCUT2D eigenvalue weighted by Gasteiger charge is -2.06. The Labute approximate surface area is 116 Å². The van der Waals surface area contributed by atoms with Crippen molar-refractivity contribution in [2.75, 3.05) is 0 Å². The summed E-state index contributed by atoms with van der Waals surface area (Å²) in [7, 11) is 0. The van der Waals surface area contributed by atoms with Gasteiger partial charge in [-0.2, -0.15) is 0 Å². The summed E-state index contributed by atoms with van der Waals surface area (Å²) in [6.07, 6.45) is 0.697. The average molecular weight is 263 g/mol. The molecular weight excluding hydrogens is 250 g/mol. The van der Waals surface area contributed by atoms with Crippen LogP contribution in [-0.4, -0.2) is 4.92 Å². The van der Waals surface area contributed by atoms with Crippen LogP contribution in [0.5, 0.6) is 0 Å². The molecule has 20 heavy (non-hydrogen) atoms. The Balaban J connectivity index is 2.01. The van der Waals surface area contributed by atoms with E-state index >= 15 is 0 Å². The summed E-state index contributed by atoms with van der Waals surface area (Å²) in [5.41, 5.74) is 2.28. The summed E-state index contributed by atoms with van der Waals surface area (Å²) < 4.78 is 0. The lowest BCUT2D eigenvalue weighted by atomic mass is 9.98. The zero-order valence-corrected chi connectivity index (χ0v) is 10.8. The third-order valence-electron chi connectivity index (χ3n) is 3.40. The van der Waals surface area contributed by atoms with E-state index in [1.807, 2.05) is 24.3 Å². The van der Waals surface area contributed by atoms with Crippen molar-refractivity contribution in [1.82, 2.24) is 0 Å². The summed E-state index contributed by atoms with van der Waals surface area (Å²) >= 11 is 0. The van der Waals surface area contributed by atoms with Gasteiger partial charge >= 0.3 is 0 Å². The molecule has 3 aromatic carbocycles. The first-order valence-electron chi connectivity index (χ1n) is 6.44. The van der Waals surface area contributed by atoms with E-state index in [2.05, 4.69) is 24.3 Å². The molecule has 3 nitrogen and oxygen atoms in total. The SMILES string of the molecule is O=[N+]([O-])c1cccc(Cc2cccc3ccccc23)c1. The van der Waals surface area contributed by atoms with Crippen LogP contribution in [0.3, 0.4) is 0 Å². The lowest BCUT2D eigenvalue weighted by molar-refractivity contribution is -0.384. The molecule has 0 heterocycles. The molecule has 0 N–H and O–H groups in total. The second-order valence-corrected chi connectivity index (χ2v) is 4.74. The van der Waals surface area contributed by atoms with E-state index < -0.39 is 0 Å². The lowest BCUT2D eigenvalue weighted by Crippen LogP contribution is -1.93. The van der Waals surface area contributed by atoms with Gasteiger partial charge in [-0.3, -0.25) is 10.1 Å². The van der Waals surface area contributed by atoms with Crippen LogP contribution in [0.4, 0.5) is 5.69 Å². The van der Waals surface area contributed by atoms with Crippen molar-refractivity contribution in [3.05, 3.63) is 88.0 Å². The third kappa shape index (κ3) is 2.38.